The van der Waals surface area contributed by atoms with Gasteiger partial charge in [0.15, 0.2) is 16.6 Å². The van der Waals surface area contributed by atoms with Crippen molar-refractivity contribution >= 4 is 56.1 Å². The maximum absolute atomic E-state index is 13.3. The molecule has 1 aromatic carbocycles. The summed E-state index contributed by atoms with van der Waals surface area (Å²) in [7, 11) is -5.01. The minimum atomic E-state index is -5.01. The fourth-order valence-electron chi connectivity index (χ4n) is 4.64. The van der Waals surface area contributed by atoms with Crippen LogP contribution in [0.5, 0.6) is 5.75 Å². The van der Waals surface area contributed by atoms with Crippen LogP contribution in [0.2, 0.25) is 0 Å². The number of carbonyl (C=O) groups excluding carboxylic acids is 3. The summed E-state index contributed by atoms with van der Waals surface area (Å²) in [5, 5.41) is 18.1. The number of anilines is 1. The lowest BCUT2D eigenvalue weighted by Gasteiger charge is -2.50. The third-order valence-electron chi connectivity index (χ3n) is 7.50. The third kappa shape index (κ3) is 9.13. The number of nitrogen functional groups attached to an aromatic ring is 1. The highest BCUT2D eigenvalue weighted by atomic mass is 32.3. The predicted molar refractivity (Wildman–Crippen MR) is 177 cm³/mol. The van der Waals surface area contributed by atoms with Crippen molar-refractivity contribution in [1.82, 2.24) is 20.3 Å². The number of ether oxygens (including phenoxy) is 1. The van der Waals surface area contributed by atoms with Gasteiger partial charge in [-0.05, 0) is 37.6 Å². The molecule has 19 nitrogen and oxygen atoms in total. The number of rotatable bonds is 17. The van der Waals surface area contributed by atoms with Gasteiger partial charge in [0.2, 0.25) is 0 Å². The molecule has 0 radical (unpaired) electrons. The number of aromatic nitrogens is 2. The third-order valence-corrected chi connectivity index (χ3v) is 8.51. The second-order valence-electron chi connectivity index (χ2n) is 11.3. The Labute approximate surface area is 289 Å². The molecule has 0 bridgehead atoms. The predicted octanol–water partition coefficient (Wildman–Crippen LogP) is -0.0134. The van der Waals surface area contributed by atoms with Gasteiger partial charge in [0, 0.05) is 36.7 Å². The highest BCUT2D eigenvalue weighted by Crippen LogP contribution is 2.40. The molecule has 21 heteroatoms. The number of benzene rings is 1. The first-order chi connectivity index (χ1) is 23.5. The average Bonchev–Trinajstić information content (AvgIpc) is 3.51. The maximum Gasteiger partial charge on any atom is 0.418 e. The van der Waals surface area contributed by atoms with Crippen LogP contribution in [-0.4, -0.2) is 99.8 Å². The fraction of sp³-hybridized carbons (Fsp3) is 0.345. The van der Waals surface area contributed by atoms with Gasteiger partial charge in [0.05, 0.1) is 17.5 Å². The van der Waals surface area contributed by atoms with Gasteiger partial charge >= 0.3 is 16.4 Å². The summed E-state index contributed by atoms with van der Waals surface area (Å²) in [6.45, 7) is 2.66. The lowest BCUT2D eigenvalue weighted by atomic mass is 9.74. The Hall–Kier alpha value is -5.06. The van der Waals surface area contributed by atoms with E-state index >= 15 is 0 Å². The molecule has 1 aliphatic heterocycles. The van der Waals surface area contributed by atoms with Crippen LogP contribution in [0.15, 0.2) is 53.1 Å². The van der Waals surface area contributed by atoms with Gasteiger partial charge in [-0.3, -0.25) is 23.9 Å². The molecule has 0 saturated carbocycles. The Balaban J connectivity index is 1.41. The molecule has 0 aliphatic carbocycles. The Morgan fingerprint density at radius 1 is 1.10 bits per heavy atom. The molecule has 2 amide bonds. The number of carboxylic acids is 1. The van der Waals surface area contributed by atoms with Crippen LogP contribution < -0.4 is 27.3 Å². The number of β-lactam (4-membered cyclic amide) rings is 1. The molecule has 0 unspecified atom stereocenters. The molecule has 1 aliphatic rings. The lowest BCUT2D eigenvalue weighted by Crippen LogP contribution is -2.68. The highest BCUT2D eigenvalue weighted by Gasteiger charge is 2.57. The van der Waals surface area contributed by atoms with Gasteiger partial charge in [-0.25, -0.2) is 9.78 Å². The number of carbonyl (C=O) groups is 4. The molecule has 268 valence electrons. The zero-order valence-electron chi connectivity index (χ0n) is 26.6. The Bertz CT molecular complexity index is 1860. The van der Waals surface area contributed by atoms with E-state index < -0.39 is 70.3 Å². The number of hydrogen-bond acceptors (Lipinski definition) is 16. The van der Waals surface area contributed by atoms with Crippen LogP contribution in [-0.2, 0) is 33.9 Å². The van der Waals surface area contributed by atoms with Crippen molar-refractivity contribution < 1.29 is 51.1 Å². The van der Waals surface area contributed by atoms with E-state index in [0.29, 0.717) is 10.6 Å². The van der Waals surface area contributed by atoms with Gasteiger partial charge in [0.25, 0.3) is 17.9 Å². The molecule has 1 saturated heterocycles. The number of hydrogen-bond donors (Lipinski definition) is 6. The topological polar surface area (TPSA) is 302 Å². The molecule has 4 rings (SSSR count). The number of thiazole rings is 1. The molecule has 3 heterocycles. The monoisotopic (exact) mass is 734 g/mol. The molecular weight excluding hydrogens is 700 g/mol. The van der Waals surface area contributed by atoms with Crippen LogP contribution in [0, 0.1) is 5.92 Å². The van der Waals surface area contributed by atoms with Crippen LogP contribution in [0.4, 0.5) is 5.13 Å². The van der Waals surface area contributed by atoms with Crippen molar-refractivity contribution in [3.8, 4) is 16.9 Å². The lowest BCUT2D eigenvalue weighted by molar-refractivity contribution is -0.228. The summed E-state index contributed by atoms with van der Waals surface area (Å²) in [5.74, 6) is -4.40. The van der Waals surface area contributed by atoms with E-state index in [1.165, 1.54) is 25.4 Å². The average molecular weight is 735 g/mol. The van der Waals surface area contributed by atoms with Crippen LogP contribution in [0.3, 0.4) is 0 Å². The summed E-state index contributed by atoms with van der Waals surface area (Å²) in [6.07, 6.45) is -0.710. The number of aliphatic carboxylic acids is 1. The number of nitrogens with zero attached hydrogens (tertiary/aromatic N) is 4. The number of carboxylic acid groups (broad SMARTS) is 1. The van der Waals surface area contributed by atoms with Crippen molar-refractivity contribution in [3.05, 3.63) is 59.4 Å². The quantitative estimate of drug-likeness (QED) is 0.0460. The van der Waals surface area contributed by atoms with Gasteiger partial charge in [-0.2, -0.15) is 13.5 Å². The number of oxime groups is 1. The molecule has 1 fully saturated rings. The number of Topliss-reactive ketones (excluding diaryl/α,β-unsaturated/α-hetero) is 1. The molecule has 50 heavy (non-hydrogen) atoms. The van der Waals surface area contributed by atoms with E-state index in [1.807, 2.05) is 0 Å². The number of hydroxylamine groups is 2. The standard InChI is InChI=1S/C29H34N8O11S2/c1-29(2)19(26(40)37(29)48-50(43,44)45)9-22(38)24(21-14-49-28(32)35-21)36-47-23(27(41)42)13-46-18-6-3-15(4-7-18)16-5-8-20(33-12-16)25(39)34-17(10-30)11-31/h3-8,12,14,17,19,23H,9-11,13,30-31H2,1-2H3,(H2,32,35)(H,34,39)(H,41,42)(H,43,44,45)/b36-24-/t19-,23+/m1/s1. The van der Waals surface area contributed by atoms with Crippen LogP contribution in [0.25, 0.3) is 11.1 Å². The van der Waals surface area contributed by atoms with Crippen LogP contribution >= 0.6 is 11.3 Å². The summed E-state index contributed by atoms with van der Waals surface area (Å²) in [4.78, 5) is 63.6. The summed E-state index contributed by atoms with van der Waals surface area (Å²) < 4.78 is 41.1. The first kappa shape index (κ1) is 37.8. The first-order valence-electron chi connectivity index (χ1n) is 14.7. The van der Waals surface area contributed by atoms with Crippen molar-refractivity contribution in [1.29, 1.82) is 0 Å². The SMILES string of the molecule is CC1(C)[C@H](CC(=O)/C(=N\O[C@@H](COc2ccc(-c3ccc(C(=O)NC(CN)CN)nc3)cc2)C(=O)O)c2csc(N)n2)C(=O)N1OS(=O)(=O)O. The number of pyridine rings is 1. The van der Waals surface area contributed by atoms with Gasteiger partial charge < -0.3 is 37.2 Å². The fourth-order valence-corrected chi connectivity index (χ4v) is 5.64. The zero-order chi connectivity index (χ0) is 36.8. The summed E-state index contributed by atoms with van der Waals surface area (Å²) in [5.41, 5.74) is 16.6. The largest absolute Gasteiger partial charge is 0.489 e. The smallest absolute Gasteiger partial charge is 0.418 e. The highest BCUT2D eigenvalue weighted by molar-refractivity contribution is 7.80. The van der Waals surface area contributed by atoms with Crippen molar-refractivity contribution in [2.24, 2.45) is 22.5 Å². The molecule has 9 N–H and O–H groups in total. The minimum Gasteiger partial charge on any atom is -0.489 e. The molecule has 0 spiro atoms. The normalized spacial score (nSPS) is 16.4. The minimum absolute atomic E-state index is 0.0489. The van der Waals surface area contributed by atoms with E-state index in [9.17, 15) is 32.7 Å². The van der Waals surface area contributed by atoms with Gasteiger partial charge in [-0.1, -0.05) is 23.4 Å². The number of amides is 2. The van der Waals surface area contributed by atoms with E-state index in [0.717, 1.165) is 16.9 Å². The van der Waals surface area contributed by atoms with Gasteiger partial charge in [0.1, 0.15) is 23.7 Å². The van der Waals surface area contributed by atoms with Gasteiger partial charge in [-0.15, -0.1) is 15.6 Å². The molecular formula is C29H34N8O11S2. The molecule has 2 aromatic heterocycles. The summed E-state index contributed by atoms with van der Waals surface area (Å²) >= 11 is 0.966. The number of nitrogens with one attached hydrogen (secondary N) is 1. The Morgan fingerprint density at radius 2 is 1.76 bits per heavy atom. The van der Waals surface area contributed by atoms with Crippen LogP contribution in [0.1, 0.15) is 36.5 Å². The summed E-state index contributed by atoms with van der Waals surface area (Å²) in [6, 6.07) is 9.40. The second kappa shape index (κ2) is 15.7. The molecule has 2 atom stereocenters. The van der Waals surface area contributed by atoms with Crippen molar-refractivity contribution in [2.45, 2.75) is 38.0 Å². The van der Waals surface area contributed by atoms with Crippen molar-refractivity contribution in [2.75, 3.05) is 25.4 Å². The van der Waals surface area contributed by atoms with E-state index in [1.54, 1.807) is 36.4 Å². The Morgan fingerprint density at radius 3 is 2.28 bits per heavy atom. The number of ketones is 1. The zero-order valence-corrected chi connectivity index (χ0v) is 28.2. The van der Waals surface area contributed by atoms with E-state index in [-0.39, 0.29) is 41.4 Å². The van der Waals surface area contributed by atoms with E-state index in [2.05, 4.69) is 24.7 Å². The number of nitrogens with two attached hydrogens (primary N) is 3. The maximum atomic E-state index is 13.3. The molecule has 3 aromatic rings. The Kier molecular flexibility index (Phi) is 11.8. The first-order valence-corrected chi connectivity index (χ1v) is 16.9. The van der Waals surface area contributed by atoms with Crippen molar-refractivity contribution in [3.63, 3.8) is 0 Å². The second-order valence-corrected chi connectivity index (χ2v) is 13.2. The van der Waals surface area contributed by atoms with E-state index in [4.69, 9.17) is 31.3 Å².